The van der Waals surface area contributed by atoms with E-state index in [1.54, 1.807) is 11.3 Å². The molecule has 0 radical (unpaired) electrons. The van der Waals surface area contributed by atoms with Gasteiger partial charge in [-0.1, -0.05) is 6.92 Å². The number of aryl methyl sites for hydroxylation is 1. The molecule has 0 aliphatic rings. The number of nitrogens with one attached hydrogen (secondary N) is 1. The minimum atomic E-state index is 0.240. The van der Waals surface area contributed by atoms with Crippen molar-refractivity contribution in [1.29, 1.82) is 0 Å². The van der Waals surface area contributed by atoms with Gasteiger partial charge in [-0.25, -0.2) is 0 Å². The summed E-state index contributed by atoms with van der Waals surface area (Å²) in [6.07, 6.45) is 2.97. The highest BCUT2D eigenvalue weighted by Gasteiger charge is 2.17. The first-order valence-corrected chi connectivity index (χ1v) is 7.35. The molecule has 4 heteroatoms. The molecule has 92 valence electrons. The summed E-state index contributed by atoms with van der Waals surface area (Å²) in [6.45, 7) is 5.16. The molecule has 0 fully saturated rings. The highest BCUT2D eigenvalue weighted by Crippen LogP contribution is 2.32. The Kier molecular flexibility index (Phi) is 4.42. The van der Waals surface area contributed by atoms with Gasteiger partial charge in [0.2, 0.25) is 0 Å². The molecule has 0 aliphatic carbocycles. The normalized spacial score (nSPS) is 12.9. The lowest BCUT2D eigenvalue weighted by Crippen LogP contribution is -2.21. The first-order valence-electron chi connectivity index (χ1n) is 5.74. The molecule has 2 aromatic rings. The SMILES string of the molecule is CCCNC(c1coc(C)c1)c1ccc(Br)s1. The van der Waals surface area contributed by atoms with E-state index in [1.807, 2.05) is 13.2 Å². The van der Waals surface area contributed by atoms with Crippen LogP contribution in [-0.2, 0) is 0 Å². The average Bonchev–Trinajstić information content (AvgIpc) is 2.89. The monoisotopic (exact) mass is 313 g/mol. The van der Waals surface area contributed by atoms with Crippen LogP contribution in [0.5, 0.6) is 0 Å². The molecule has 1 N–H and O–H groups in total. The van der Waals surface area contributed by atoms with Gasteiger partial charge in [-0.3, -0.25) is 0 Å². The van der Waals surface area contributed by atoms with Gasteiger partial charge in [0, 0.05) is 10.4 Å². The fourth-order valence-electron chi connectivity index (χ4n) is 1.77. The van der Waals surface area contributed by atoms with Gasteiger partial charge in [-0.2, -0.15) is 0 Å². The molecule has 1 unspecified atom stereocenters. The van der Waals surface area contributed by atoms with Crippen LogP contribution in [0.4, 0.5) is 0 Å². The molecular weight excluding hydrogens is 298 g/mol. The molecule has 2 aromatic heterocycles. The van der Waals surface area contributed by atoms with Gasteiger partial charge >= 0.3 is 0 Å². The smallest absolute Gasteiger partial charge is 0.101 e. The Morgan fingerprint density at radius 2 is 2.29 bits per heavy atom. The van der Waals surface area contributed by atoms with E-state index in [1.165, 1.54) is 10.4 Å². The molecule has 1 atom stereocenters. The van der Waals surface area contributed by atoms with Gasteiger partial charge in [0.1, 0.15) is 5.76 Å². The van der Waals surface area contributed by atoms with Crippen molar-refractivity contribution in [2.75, 3.05) is 6.54 Å². The van der Waals surface area contributed by atoms with E-state index in [0.717, 1.165) is 22.5 Å². The molecule has 0 saturated heterocycles. The van der Waals surface area contributed by atoms with Crippen molar-refractivity contribution >= 4 is 27.3 Å². The second kappa shape index (κ2) is 5.85. The van der Waals surface area contributed by atoms with Gasteiger partial charge in [0.15, 0.2) is 0 Å². The highest BCUT2D eigenvalue weighted by atomic mass is 79.9. The Hall–Kier alpha value is -0.580. The van der Waals surface area contributed by atoms with Crippen LogP contribution >= 0.6 is 27.3 Å². The molecule has 0 aliphatic heterocycles. The van der Waals surface area contributed by atoms with Crippen molar-refractivity contribution in [3.05, 3.63) is 44.4 Å². The second-order valence-corrected chi connectivity index (χ2v) is 6.51. The number of rotatable bonds is 5. The molecule has 0 saturated carbocycles. The molecule has 2 heterocycles. The summed E-state index contributed by atoms with van der Waals surface area (Å²) in [7, 11) is 0. The van der Waals surface area contributed by atoms with Gasteiger partial charge in [-0.05, 0) is 54.0 Å². The lowest BCUT2D eigenvalue weighted by molar-refractivity contribution is 0.524. The van der Waals surface area contributed by atoms with Crippen molar-refractivity contribution in [2.24, 2.45) is 0 Å². The molecular formula is C13H16BrNOS. The fraction of sp³-hybridized carbons (Fsp3) is 0.385. The topological polar surface area (TPSA) is 25.2 Å². The highest BCUT2D eigenvalue weighted by molar-refractivity contribution is 9.11. The van der Waals surface area contributed by atoms with E-state index in [2.05, 4.69) is 46.4 Å². The van der Waals surface area contributed by atoms with Gasteiger partial charge in [0.25, 0.3) is 0 Å². The van der Waals surface area contributed by atoms with Crippen LogP contribution in [0.15, 0.2) is 32.7 Å². The maximum atomic E-state index is 5.41. The minimum absolute atomic E-state index is 0.240. The maximum absolute atomic E-state index is 5.41. The third-order valence-corrected chi connectivity index (χ3v) is 4.25. The predicted molar refractivity (Wildman–Crippen MR) is 75.6 cm³/mol. The third-order valence-electron chi connectivity index (χ3n) is 2.56. The lowest BCUT2D eigenvalue weighted by Gasteiger charge is -2.15. The first kappa shape index (κ1) is 12.9. The van der Waals surface area contributed by atoms with Crippen LogP contribution < -0.4 is 5.32 Å². The molecule has 2 rings (SSSR count). The largest absolute Gasteiger partial charge is 0.469 e. The molecule has 2 nitrogen and oxygen atoms in total. The summed E-state index contributed by atoms with van der Waals surface area (Å²) in [5, 5.41) is 3.56. The maximum Gasteiger partial charge on any atom is 0.101 e. The van der Waals surface area contributed by atoms with Crippen molar-refractivity contribution in [1.82, 2.24) is 5.32 Å². The number of halogens is 1. The van der Waals surface area contributed by atoms with Crippen molar-refractivity contribution < 1.29 is 4.42 Å². The van der Waals surface area contributed by atoms with Gasteiger partial charge in [0.05, 0.1) is 16.1 Å². The van der Waals surface area contributed by atoms with Crippen LogP contribution in [0.1, 0.15) is 35.6 Å². The Morgan fingerprint density at radius 3 is 2.82 bits per heavy atom. The predicted octanol–water partition coefficient (Wildman–Crippen LogP) is 4.50. The summed E-state index contributed by atoms with van der Waals surface area (Å²) >= 11 is 5.28. The van der Waals surface area contributed by atoms with Gasteiger partial charge in [-0.15, -0.1) is 11.3 Å². The van der Waals surface area contributed by atoms with Crippen molar-refractivity contribution in [3.8, 4) is 0 Å². The number of hydrogen-bond acceptors (Lipinski definition) is 3. The zero-order chi connectivity index (χ0) is 12.3. The summed E-state index contributed by atoms with van der Waals surface area (Å²) in [4.78, 5) is 1.31. The Labute approximate surface area is 114 Å². The Bertz CT molecular complexity index is 437. The van der Waals surface area contributed by atoms with Crippen molar-refractivity contribution in [3.63, 3.8) is 0 Å². The quantitative estimate of drug-likeness (QED) is 0.879. The number of furan rings is 1. The summed E-state index contributed by atoms with van der Waals surface area (Å²) in [5.41, 5.74) is 1.20. The van der Waals surface area contributed by atoms with E-state index in [0.29, 0.717) is 0 Å². The van der Waals surface area contributed by atoms with Crippen LogP contribution in [0, 0.1) is 6.92 Å². The third kappa shape index (κ3) is 3.21. The van der Waals surface area contributed by atoms with E-state index in [9.17, 15) is 0 Å². The molecule has 0 bridgehead atoms. The standard InChI is InChI=1S/C13H16BrNOS/c1-3-6-15-13(10-7-9(2)16-8-10)11-4-5-12(14)17-11/h4-5,7-8,13,15H,3,6H2,1-2H3. The van der Waals surface area contributed by atoms with E-state index >= 15 is 0 Å². The van der Waals surface area contributed by atoms with Gasteiger partial charge < -0.3 is 9.73 Å². The lowest BCUT2D eigenvalue weighted by atomic mass is 10.1. The average molecular weight is 314 g/mol. The van der Waals surface area contributed by atoms with E-state index < -0.39 is 0 Å². The number of thiophene rings is 1. The Morgan fingerprint density at radius 1 is 1.47 bits per heavy atom. The number of hydrogen-bond donors (Lipinski definition) is 1. The molecule has 0 aromatic carbocycles. The summed E-state index contributed by atoms with van der Waals surface area (Å²) in [6, 6.07) is 6.59. The molecule has 0 amide bonds. The molecule has 17 heavy (non-hydrogen) atoms. The Balaban J connectivity index is 2.24. The summed E-state index contributed by atoms with van der Waals surface area (Å²) < 4.78 is 6.57. The zero-order valence-electron chi connectivity index (χ0n) is 10.00. The van der Waals surface area contributed by atoms with Crippen LogP contribution in [-0.4, -0.2) is 6.54 Å². The molecule has 0 spiro atoms. The second-order valence-electron chi connectivity index (χ2n) is 4.02. The van der Waals surface area contributed by atoms with Crippen LogP contribution in [0.2, 0.25) is 0 Å². The fourth-order valence-corrected chi connectivity index (χ4v) is 3.30. The van der Waals surface area contributed by atoms with E-state index in [4.69, 9.17) is 4.42 Å². The van der Waals surface area contributed by atoms with Crippen LogP contribution in [0.25, 0.3) is 0 Å². The van der Waals surface area contributed by atoms with Crippen molar-refractivity contribution in [2.45, 2.75) is 26.3 Å². The zero-order valence-corrected chi connectivity index (χ0v) is 12.4. The minimum Gasteiger partial charge on any atom is -0.469 e. The summed E-state index contributed by atoms with van der Waals surface area (Å²) in [5.74, 6) is 0.957. The van der Waals surface area contributed by atoms with E-state index in [-0.39, 0.29) is 6.04 Å². The first-order chi connectivity index (χ1) is 8.20. The van der Waals surface area contributed by atoms with Crippen LogP contribution in [0.3, 0.4) is 0 Å².